The van der Waals surface area contributed by atoms with Gasteiger partial charge in [0.25, 0.3) is 0 Å². The topological polar surface area (TPSA) is 96.8 Å². The average Bonchev–Trinajstić information content (AvgIpc) is 3.26. The Morgan fingerprint density at radius 3 is 2.31 bits per heavy atom. The van der Waals surface area contributed by atoms with Gasteiger partial charge in [0.2, 0.25) is 0 Å². The summed E-state index contributed by atoms with van der Waals surface area (Å²) < 4.78 is 65.1. The summed E-state index contributed by atoms with van der Waals surface area (Å²) in [6, 6.07) is 10.7. The molecule has 0 saturated carbocycles. The zero-order valence-corrected chi connectivity index (χ0v) is 18.5. The molecule has 35 heavy (non-hydrogen) atoms. The lowest BCUT2D eigenvalue weighted by Gasteiger charge is -2.30. The third-order valence-electron chi connectivity index (χ3n) is 5.07. The van der Waals surface area contributed by atoms with Gasteiger partial charge in [0, 0.05) is 11.6 Å². The molecule has 7 nitrogen and oxygen atoms in total. The van der Waals surface area contributed by atoms with Crippen molar-refractivity contribution in [3.63, 3.8) is 0 Å². The number of alkyl halides is 2. The summed E-state index contributed by atoms with van der Waals surface area (Å²) in [5, 5.41) is 23.2. The number of aliphatic hydroxyl groups is 1. The van der Waals surface area contributed by atoms with Crippen molar-refractivity contribution in [1.82, 2.24) is 19.7 Å². The van der Waals surface area contributed by atoms with Crippen LogP contribution in [0.3, 0.4) is 0 Å². The average molecular weight is 501 g/mol. The second kappa shape index (κ2) is 9.73. The van der Waals surface area contributed by atoms with Crippen LogP contribution in [-0.2, 0) is 5.92 Å². The van der Waals surface area contributed by atoms with Gasteiger partial charge in [0.15, 0.2) is 11.3 Å². The molecule has 4 aromatic rings. The molecule has 0 aliphatic heterocycles. The summed E-state index contributed by atoms with van der Waals surface area (Å²) in [4.78, 5) is 7.44. The number of rotatable bonds is 7. The third-order valence-corrected chi connectivity index (χ3v) is 5.39. The Kier molecular flexibility index (Phi) is 6.72. The second-order valence-corrected chi connectivity index (χ2v) is 7.70. The van der Waals surface area contributed by atoms with Crippen molar-refractivity contribution in [3.05, 3.63) is 95.6 Å². The molecule has 2 aromatic heterocycles. The quantitative estimate of drug-likeness (QED) is 0.283. The van der Waals surface area contributed by atoms with Gasteiger partial charge in [0.05, 0.1) is 17.8 Å². The van der Waals surface area contributed by atoms with Gasteiger partial charge in [-0.15, -0.1) is 12.6 Å². The Morgan fingerprint density at radius 1 is 1.03 bits per heavy atom. The van der Waals surface area contributed by atoms with Crippen LogP contribution in [0.2, 0.25) is 0 Å². The van der Waals surface area contributed by atoms with Crippen LogP contribution in [0.1, 0.15) is 22.9 Å². The molecule has 178 valence electrons. The Bertz CT molecular complexity index is 1370. The lowest BCUT2D eigenvalue weighted by molar-refractivity contribution is -0.134. The number of ether oxygens (including phenoxy) is 1. The number of halogens is 4. The van der Waals surface area contributed by atoms with Crippen LogP contribution >= 0.6 is 12.6 Å². The molecule has 12 heteroatoms. The second-order valence-electron chi connectivity index (χ2n) is 7.30. The lowest BCUT2D eigenvalue weighted by atomic mass is 9.94. The number of aliphatic hydroxyl groups excluding tert-OH is 1. The fourth-order valence-electron chi connectivity index (χ4n) is 3.34. The Labute approximate surface area is 201 Å². The molecule has 2 atom stereocenters. The number of nitriles is 1. The fraction of sp³-hybridized carbons (Fsp3) is 0.130. The molecule has 2 unspecified atom stereocenters. The highest BCUT2D eigenvalue weighted by molar-refractivity contribution is 7.80. The molecule has 0 radical (unpaired) electrons. The summed E-state index contributed by atoms with van der Waals surface area (Å²) >= 11 is 4.03. The first-order chi connectivity index (χ1) is 16.7. The Balaban J connectivity index is 1.64. The highest BCUT2D eigenvalue weighted by Gasteiger charge is 2.48. The van der Waals surface area contributed by atoms with Crippen molar-refractivity contribution in [1.29, 1.82) is 5.26 Å². The van der Waals surface area contributed by atoms with Crippen molar-refractivity contribution in [2.75, 3.05) is 0 Å². The van der Waals surface area contributed by atoms with Crippen LogP contribution in [0.25, 0.3) is 0 Å². The van der Waals surface area contributed by atoms with Crippen LogP contribution < -0.4 is 4.74 Å². The maximum atomic E-state index is 15.4. The van der Waals surface area contributed by atoms with Crippen LogP contribution in [0.5, 0.6) is 11.5 Å². The highest BCUT2D eigenvalue weighted by atomic mass is 32.1. The molecule has 0 spiro atoms. The minimum Gasteiger partial charge on any atom is -0.456 e. The molecule has 2 aromatic carbocycles. The van der Waals surface area contributed by atoms with E-state index in [4.69, 9.17) is 10.00 Å². The number of aromatic nitrogens is 4. The maximum Gasteiger partial charge on any atom is 0.317 e. The van der Waals surface area contributed by atoms with Crippen LogP contribution in [0.15, 0.2) is 72.3 Å². The van der Waals surface area contributed by atoms with Gasteiger partial charge >= 0.3 is 5.92 Å². The van der Waals surface area contributed by atoms with Crippen molar-refractivity contribution >= 4 is 12.6 Å². The number of nitrogens with zero attached hydrogens (tertiary/aromatic N) is 5. The van der Waals surface area contributed by atoms with E-state index in [1.165, 1.54) is 30.3 Å². The Hall–Kier alpha value is -3.95. The summed E-state index contributed by atoms with van der Waals surface area (Å²) in [6.45, 7) is 0. The van der Waals surface area contributed by atoms with Crippen LogP contribution in [-0.4, -0.2) is 31.0 Å². The monoisotopic (exact) mass is 501 g/mol. The summed E-state index contributed by atoms with van der Waals surface area (Å²) in [6.07, 6.45) is -0.566. The minimum atomic E-state index is -4.01. The van der Waals surface area contributed by atoms with E-state index in [1.54, 1.807) is 0 Å². The predicted octanol–water partition coefficient (Wildman–Crippen LogP) is 4.65. The van der Waals surface area contributed by atoms with Gasteiger partial charge in [-0.2, -0.15) is 19.1 Å². The largest absolute Gasteiger partial charge is 0.456 e. The van der Waals surface area contributed by atoms with E-state index in [0.29, 0.717) is 17.4 Å². The molecule has 1 N–H and O–H groups in total. The van der Waals surface area contributed by atoms with E-state index in [-0.39, 0.29) is 10.9 Å². The van der Waals surface area contributed by atoms with Gasteiger partial charge in [-0.3, -0.25) is 4.98 Å². The zero-order chi connectivity index (χ0) is 25.2. The van der Waals surface area contributed by atoms with E-state index in [1.807, 2.05) is 6.07 Å². The van der Waals surface area contributed by atoms with Gasteiger partial charge < -0.3 is 9.84 Å². The molecule has 0 amide bonds. The van der Waals surface area contributed by atoms with Crippen LogP contribution in [0.4, 0.5) is 17.6 Å². The predicted molar refractivity (Wildman–Crippen MR) is 117 cm³/mol. The first kappa shape index (κ1) is 24.2. The van der Waals surface area contributed by atoms with Crippen molar-refractivity contribution < 1.29 is 27.4 Å². The first-order valence-electron chi connectivity index (χ1n) is 9.94. The number of benzene rings is 2. The molecule has 0 bridgehead atoms. The third kappa shape index (κ3) is 4.96. The summed E-state index contributed by atoms with van der Waals surface area (Å²) in [5.74, 6) is -5.61. The number of thiol groups is 1. The zero-order valence-electron chi connectivity index (χ0n) is 17.6. The van der Waals surface area contributed by atoms with E-state index in [9.17, 15) is 13.9 Å². The van der Waals surface area contributed by atoms with E-state index < -0.39 is 41.0 Å². The summed E-state index contributed by atoms with van der Waals surface area (Å²) in [7, 11) is 0. The van der Waals surface area contributed by atoms with Crippen molar-refractivity contribution in [2.45, 2.75) is 23.2 Å². The SMILES string of the molecule is N#Cc1ccc(Oc2ccc(C(F)(F)C(O)C(c3ccc(F)cc3F)n3ncnc3S)nc2)cc1. The molecule has 2 heterocycles. The van der Waals surface area contributed by atoms with Crippen molar-refractivity contribution in [3.8, 4) is 17.6 Å². The van der Waals surface area contributed by atoms with Crippen molar-refractivity contribution in [2.24, 2.45) is 0 Å². The van der Waals surface area contributed by atoms with E-state index >= 15 is 8.78 Å². The molecule has 0 saturated heterocycles. The number of hydrogen-bond donors (Lipinski definition) is 2. The first-order valence-corrected chi connectivity index (χ1v) is 10.4. The van der Waals surface area contributed by atoms with Crippen LogP contribution in [0, 0.1) is 23.0 Å². The fourth-order valence-corrected chi connectivity index (χ4v) is 3.57. The summed E-state index contributed by atoms with van der Waals surface area (Å²) in [5.41, 5.74) is -0.853. The minimum absolute atomic E-state index is 0.124. The molecular formula is C23H15F4N5O2S. The van der Waals surface area contributed by atoms with E-state index in [0.717, 1.165) is 35.4 Å². The van der Waals surface area contributed by atoms with Gasteiger partial charge in [-0.1, -0.05) is 6.07 Å². The Morgan fingerprint density at radius 2 is 1.74 bits per heavy atom. The highest BCUT2D eigenvalue weighted by Crippen LogP contribution is 2.40. The van der Waals surface area contributed by atoms with E-state index in [2.05, 4.69) is 27.7 Å². The molecule has 0 aliphatic carbocycles. The molecule has 4 rings (SSSR count). The normalized spacial score (nSPS) is 13.2. The molecule has 0 fully saturated rings. The molecular weight excluding hydrogens is 486 g/mol. The lowest BCUT2D eigenvalue weighted by Crippen LogP contribution is -2.40. The smallest absolute Gasteiger partial charge is 0.317 e. The van der Waals surface area contributed by atoms with Gasteiger partial charge in [0.1, 0.15) is 41.2 Å². The van der Waals surface area contributed by atoms with Gasteiger partial charge in [-0.25, -0.2) is 18.4 Å². The number of pyridine rings is 1. The molecule has 0 aliphatic rings. The maximum absolute atomic E-state index is 15.4. The van der Waals surface area contributed by atoms with Gasteiger partial charge in [-0.05, 0) is 42.5 Å². The standard InChI is InChI=1S/C23H15F4N5O2S/c24-14-3-7-17(18(25)9-14)20(32-22(35)30-12-31-32)21(33)23(26,27)19-8-6-16(11-29-19)34-15-4-1-13(10-28)2-5-15/h1-9,11-12,20-21,33H,(H,30,31,35). The number of hydrogen-bond acceptors (Lipinski definition) is 7.